The molecule has 7 nitrogen and oxygen atoms in total. The minimum Gasteiger partial charge on any atom is -0.367 e. The second kappa shape index (κ2) is 8.28. The normalized spacial score (nSPS) is 19.8. The predicted octanol–water partition coefficient (Wildman–Crippen LogP) is 2.75. The number of ether oxygens (including phenoxy) is 1. The monoisotopic (exact) mass is 406 g/mol. The van der Waals surface area contributed by atoms with Crippen LogP contribution >= 0.6 is 0 Å². The van der Waals surface area contributed by atoms with Gasteiger partial charge in [-0.1, -0.05) is 36.4 Å². The molecule has 0 saturated carbocycles. The van der Waals surface area contributed by atoms with Crippen molar-refractivity contribution in [3.63, 3.8) is 0 Å². The van der Waals surface area contributed by atoms with Crippen LogP contribution in [0.15, 0.2) is 54.7 Å². The third-order valence-corrected chi connectivity index (χ3v) is 5.91. The lowest BCUT2D eigenvalue weighted by molar-refractivity contribution is -0.132. The molecule has 1 aliphatic rings. The van der Waals surface area contributed by atoms with Gasteiger partial charge in [0.15, 0.2) is 11.8 Å². The maximum Gasteiger partial charge on any atom is 0.274 e. The van der Waals surface area contributed by atoms with Crippen molar-refractivity contribution < 1.29 is 14.3 Å². The Labute approximate surface area is 175 Å². The SMILES string of the molecule is CO[C@@H](C(=O)N[C@@H]1CCN(C(=O)c2nn3ccccc3c2C)[C@@H]1C)c1ccccc1. The first-order valence-electron chi connectivity index (χ1n) is 10.1. The zero-order chi connectivity index (χ0) is 21.3. The number of likely N-dealkylation sites (tertiary alicyclic amines) is 1. The second-order valence-corrected chi connectivity index (χ2v) is 7.67. The standard InChI is InChI=1S/C23H26N4O3/c1-15-19-11-7-8-13-27(19)25-20(15)23(29)26-14-12-18(16(26)2)24-22(28)21(30-3)17-9-5-4-6-10-17/h4-11,13,16,18,21H,12,14H2,1-3H3,(H,24,28)/t16-,18-,21-/m1/s1. The number of carbonyl (C=O) groups excluding carboxylic acids is 2. The number of aromatic nitrogens is 2. The lowest BCUT2D eigenvalue weighted by Gasteiger charge is -2.26. The summed E-state index contributed by atoms with van der Waals surface area (Å²) in [5.74, 6) is -0.300. The topological polar surface area (TPSA) is 75.9 Å². The molecule has 0 bridgehead atoms. The van der Waals surface area contributed by atoms with E-state index in [-0.39, 0.29) is 23.9 Å². The van der Waals surface area contributed by atoms with E-state index in [4.69, 9.17) is 4.74 Å². The summed E-state index contributed by atoms with van der Waals surface area (Å²) in [6.45, 7) is 4.45. The molecule has 3 heterocycles. The van der Waals surface area contributed by atoms with Crippen LogP contribution in [0.5, 0.6) is 0 Å². The fraction of sp³-hybridized carbons (Fsp3) is 0.348. The molecular weight excluding hydrogens is 380 g/mol. The van der Waals surface area contributed by atoms with Gasteiger partial charge in [0.1, 0.15) is 0 Å². The van der Waals surface area contributed by atoms with Crippen LogP contribution in [0.1, 0.15) is 41.1 Å². The van der Waals surface area contributed by atoms with Gasteiger partial charge in [-0.3, -0.25) is 9.59 Å². The molecule has 0 radical (unpaired) electrons. The number of rotatable bonds is 5. The minimum absolute atomic E-state index is 0.105. The fourth-order valence-corrected chi connectivity index (χ4v) is 4.16. The molecule has 4 rings (SSSR count). The van der Waals surface area contributed by atoms with Crippen molar-refractivity contribution in [1.29, 1.82) is 0 Å². The van der Waals surface area contributed by atoms with E-state index in [1.54, 1.807) is 9.42 Å². The van der Waals surface area contributed by atoms with Gasteiger partial charge in [0.25, 0.3) is 11.8 Å². The highest BCUT2D eigenvalue weighted by Crippen LogP contribution is 2.24. The summed E-state index contributed by atoms with van der Waals surface area (Å²) < 4.78 is 7.16. The Morgan fingerprint density at radius 1 is 1.17 bits per heavy atom. The zero-order valence-electron chi connectivity index (χ0n) is 17.4. The van der Waals surface area contributed by atoms with Crippen LogP contribution in [-0.4, -0.2) is 52.1 Å². The van der Waals surface area contributed by atoms with Crippen LogP contribution in [0.3, 0.4) is 0 Å². The molecule has 3 aromatic rings. The summed E-state index contributed by atoms with van der Waals surface area (Å²) in [5.41, 5.74) is 3.04. The number of hydrogen-bond acceptors (Lipinski definition) is 4. The molecule has 3 atom stereocenters. The van der Waals surface area contributed by atoms with Crippen LogP contribution in [0.2, 0.25) is 0 Å². The van der Waals surface area contributed by atoms with Crippen molar-refractivity contribution in [3.8, 4) is 0 Å². The van der Waals surface area contributed by atoms with Crippen molar-refractivity contribution in [2.75, 3.05) is 13.7 Å². The number of fused-ring (bicyclic) bond motifs is 1. The van der Waals surface area contributed by atoms with E-state index in [9.17, 15) is 9.59 Å². The summed E-state index contributed by atoms with van der Waals surface area (Å²) in [6.07, 6.45) is 1.85. The Kier molecular flexibility index (Phi) is 5.55. The van der Waals surface area contributed by atoms with Gasteiger partial charge in [-0.15, -0.1) is 0 Å². The molecule has 1 aromatic carbocycles. The number of pyridine rings is 1. The molecule has 0 unspecified atom stereocenters. The first-order chi connectivity index (χ1) is 14.5. The van der Waals surface area contributed by atoms with Gasteiger partial charge in [0.05, 0.1) is 11.6 Å². The molecule has 0 spiro atoms. The third-order valence-electron chi connectivity index (χ3n) is 5.91. The van der Waals surface area contributed by atoms with Crippen molar-refractivity contribution in [3.05, 3.63) is 71.5 Å². The smallest absolute Gasteiger partial charge is 0.274 e. The number of benzene rings is 1. The van der Waals surface area contributed by atoms with Crippen LogP contribution in [-0.2, 0) is 9.53 Å². The predicted molar refractivity (Wildman–Crippen MR) is 113 cm³/mol. The highest BCUT2D eigenvalue weighted by Gasteiger charge is 2.37. The van der Waals surface area contributed by atoms with Crippen molar-refractivity contribution in [1.82, 2.24) is 19.8 Å². The Morgan fingerprint density at radius 2 is 1.90 bits per heavy atom. The average molecular weight is 406 g/mol. The molecule has 1 aliphatic heterocycles. The quantitative estimate of drug-likeness (QED) is 0.707. The molecule has 1 fully saturated rings. The lowest BCUT2D eigenvalue weighted by atomic mass is 10.1. The molecule has 1 N–H and O–H groups in total. The van der Waals surface area contributed by atoms with Gasteiger partial charge in [-0.25, -0.2) is 4.52 Å². The van der Waals surface area contributed by atoms with E-state index in [1.807, 2.05) is 68.6 Å². The van der Waals surface area contributed by atoms with Gasteiger partial charge in [-0.05, 0) is 38.0 Å². The van der Waals surface area contributed by atoms with Gasteiger partial charge in [0.2, 0.25) is 0 Å². The molecule has 2 aromatic heterocycles. The van der Waals surface area contributed by atoms with E-state index in [1.165, 1.54) is 7.11 Å². The number of nitrogens with zero attached hydrogens (tertiary/aromatic N) is 3. The van der Waals surface area contributed by atoms with Gasteiger partial charge in [-0.2, -0.15) is 5.10 Å². The van der Waals surface area contributed by atoms with Crippen LogP contribution < -0.4 is 5.32 Å². The zero-order valence-corrected chi connectivity index (χ0v) is 17.4. The number of aryl methyl sites for hydroxylation is 1. The maximum absolute atomic E-state index is 13.2. The van der Waals surface area contributed by atoms with Crippen LogP contribution in [0.4, 0.5) is 0 Å². The summed E-state index contributed by atoms with van der Waals surface area (Å²) in [4.78, 5) is 27.8. The van der Waals surface area contributed by atoms with Gasteiger partial charge < -0.3 is 15.0 Å². The second-order valence-electron chi connectivity index (χ2n) is 7.67. The first-order valence-corrected chi connectivity index (χ1v) is 10.1. The Hall–Kier alpha value is -3.19. The highest BCUT2D eigenvalue weighted by molar-refractivity contribution is 5.96. The van der Waals surface area contributed by atoms with E-state index in [0.717, 1.165) is 16.6 Å². The van der Waals surface area contributed by atoms with Crippen LogP contribution in [0.25, 0.3) is 5.52 Å². The molecule has 7 heteroatoms. The van der Waals surface area contributed by atoms with Crippen molar-refractivity contribution >= 4 is 17.3 Å². The van der Waals surface area contributed by atoms with Crippen LogP contribution in [0, 0.1) is 6.92 Å². The molecule has 1 saturated heterocycles. The van der Waals surface area contributed by atoms with E-state index in [2.05, 4.69) is 10.4 Å². The summed E-state index contributed by atoms with van der Waals surface area (Å²) in [6, 6.07) is 14.9. The summed E-state index contributed by atoms with van der Waals surface area (Å²) in [5, 5.41) is 7.55. The Balaban J connectivity index is 1.48. The maximum atomic E-state index is 13.2. The Morgan fingerprint density at radius 3 is 2.60 bits per heavy atom. The number of amides is 2. The fourth-order valence-electron chi connectivity index (χ4n) is 4.16. The largest absolute Gasteiger partial charge is 0.367 e. The average Bonchev–Trinajstić information content (AvgIpc) is 3.29. The van der Waals surface area contributed by atoms with Crippen molar-refractivity contribution in [2.24, 2.45) is 0 Å². The van der Waals surface area contributed by atoms with E-state index >= 15 is 0 Å². The minimum atomic E-state index is -0.677. The lowest BCUT2D eigenvalue weighted by Crippen LogP contribution is -2.46. The third kappa shape index (κ3) is 3.57. The molecule has 0 aliphatic carbocycles. The van der Waals surface area contributed by atoms with E-state index < -0.39 is 6.10 Å². The summed E-state index contributed by atoms with van der Waals surface area (Å²) >= 11 is 0. The van der Waals surface area contributed by atoms with Gasteiger partial charge in [0, 0.05) is 31.5 Å². The number of nitrogens with one attached hydrogen (secondary N) is 1. The summed E-state index contributed by atoms with van der Waals surface area (Å²) in [7, 11) is 1.53. The first kappa shape index (κ1) is 20.1. The molecule has 156 valence electrons. The molecule has 30 heavy (non-hydrogen) atoms. The van der Waals surface area contributed by atoms with Crippen molar-refractivity contribution in [2.45, 2.75) is 38.5 Å². The number of carbonyl (C=O) groups is 2. The Bertz CT molecular complexity index is 1060. The molecular formula is C23H26N4O3. The number of methoxy groups -OCH3 is 1. The van der Waals surface area contributed by atoms with E-state index in [0.29, 0.717) is 18.7 Å². The number of hydrogen-bond donors (Lipinski definition) is 1. The molecule has 2 amide bonds. The van der Waals surface area contributed by atoms with Gasteiger partial charge >= 0.3 is 0 Å². The highest BCUT2D eigenvalue weighted by atomic mass is 16.5.